The first-order valence-electron chi connectivity index (χ1n) is 3.81. The minimum Gasteiger partial charge on any atom is -0.508 e. The van der Waals surface area contributed by atoms with Gasteiger partial charge in [0.15, 0.2) is 0 Å². The van der Waals surface area contributed by atoms with Crippen molar-refractivity contribution in [2.75, 3.05) is 0 Å². The molecule has 1 aromatic carbocycles. The number of hydrogen-bond donors (Lipinski definition) is 2. The van der Waals surface area contributed by atoms with Gasteiger partial charge in [-0.1, -0.05) is 6.08 Å². The summed E-state index contributed by atoms with van der Waals surface area (Å²) in [7, 11) is 0. The van der Waals surface area contributed by atoms with Crippen molar-refractivity contribution < 1.29 is 10.2 Å². The quantitative estimate of drug-likeness (QED) is 0.542. The summed E-state index contributed by atoms with van der Waals surface area (Å²) in [6.45, 7) is 0. The normalized spacial score (nSPS) is 20.6. The second kappa shape index (κ2) is 2.60. The molecule has 0 radical (unpaired) electrons. The summed E-state index contributed by atoms with van der Waals surface area (Å²) in [4.78, 5) is 3.97. The minimum atomic E-state index is -0.653. The Morgan fingerprint density at radius 1 is 1.42 bits per heavy atom. The van der Waals surface area contributed by atoms with E-state index < -0.39 is 6.23 Å². The highest BCUT2D eigenvalue weighted by molar-refractivity contribution is 5.30. The van der Waals surface area contributed by atoms with Gasteiger partial charge in [-0.15, -0.1) is 0 Å². The molecule has 1 atom stereocenters. The fraction of sp³-hybridized carbons (Fsp3) is 0.222. The van der Waals surface area contributed by atoms with Crippen molar-refractivity contribution in [3.05, 3.63) is 28.8 Å². The molecule has 0 aromatic heterocycles. The maximum atomic E-state index is 9.17. The van der Waals surface area contributed by atoms with Crippen molar-refractivity contribution in [1.29, 1.82) is 0 Å². The fourth-order valence-corrected chi connectivity index (χ4v) is 1.26. The Kier molecular flexibility index (Phi) is 1.59. The molecular formula is C9H9NO2. The third-order valence-electron chi connectivity index (χ3n) is 1.85. The molecule has 0 saturated carbocycles. The standard InChI is InChI=1S/C9H9NO2/c11-7-3-1-6-2-4-9(12)10-8(6)5-7/h1-3,5,9,11-12H,4H2/t9-/m1/s1. The van der Waals surface area contributed by atoms with E-state index in [-0.39, 0.29) is 5.75 Å². The van der Waals surface area contributed by atoms with Crippen LogP contribution in [0.15, 0.2) is 23.2 Å². The van der Waals surface area contributed by atoms with Crippen molar-refractivity contribution in [2.24, 2.45) is 4.99 Å². The number of nitrogens with zero attached hydrogens (tertiary/aromatic N) is 1. The van der Waals surface area contributed by atoms with Gasteiger partial charge >= 0.3 is 0 Å². The van der Waals surface area contributed by atoms with E-state index >= 15 is 0 Å². The largest absolute Gasteiger partial charge is 0.508 e. The van der Waals surface area contributed by atoms with Crippen LogP contribution in [-0.2, 0) is 0 Å². The Bertz CT molecular complexity index is 411. The highest BCUT2D eigenvalue weighted by atomic mass is 16.3. The molecule has 1 aliphatic heterocycles. The van der Waals surface area contributed by atoms with E-state index in [4.69, 9.17) is 10.2 Å². The van der Waals surface area contributed by atoms with E-state index in [1.165, 1.54) is 0 Å². The minimum absolute atomic E-state index is 0.181. The molecule has 0 spiro atoms. The van der Waals surface area contributed by atoms with Crippen LogP contribution in [0.1, 0.15) is 6.42 Å². The fourth-order valence-electron chi connectivity index (χ4n) is 1.26. The number of phenolic OH excluding ortho intramolecular Hbond substituents is 1. The molecule has 1 aromatic rings. The summed E-state index contributed by atoms with van der Waals surface area (Å²) in [5, 5.41) is 19.9. The van der Waals surface area contributed by atoms with Crippen LogP contribution < -0.4 is 10.6 Å². The molecule has 0 fully saturated rings. The monoisotopic (exact) mass is 163 g/mol. The molecule has 0 saturated heterocycles. The number of fused-ring (bicyclic) bond motifs is 1. The predicted octanol–water partition coefficient (Wildman–Crippen LogP) is -0.486. The number of aromatic hydroxyl groups is 1. The van der Waals surface area contributed by atoms with Gasteiger partial charge in [0.1, 0.15) is 12.0 Å². The Labute approximate surface area is 69.3 Å². The third kappa shape index (κ3) is 1.19. The summed E-state index contributed by atoms with van der Waals surface area (Å²) in [5.74, 6) is 0.181. The SMILES string of the molecule is Oc1ccc2c(c1)=N[C@H](O)CC=2. The average Bonchev–Trinajstić information content (AvgIpc) is 2.03. The Hall–Kier alpha value is -1.35. The van der Waals surface area contributed by atoms with Crippen molar-refractivity contribution in [3.8, 4) is 5.75 Å². The molecule has 1 heterocycles. The summed E-state index contributed by atoms with van der Waals surface area (Å²) in [6.07, 6.45) is 1.81. The van der Waals surface area contributed by atoms with Gasteiger partial charge in [-0.05, 0) is 17.4 Å². The molecule has 1 aliphatic rings. The molecule has 0 unspecified atom stereocenters. The molecule has 2 rings (SSSR count). The summed E-state index contributed by atoms with van der Waals surface area (Å²) >= 11 is 0. The van der Waals surface area contributed by atoms with Crippen molar-refractivity contribution >= 4 is 6.08 Å². The van der Waals surface area contributed by atoms with Gasteiger partial charge < -0.3 is 10.2 Å². The highest BCUT2D eigenvalue weighted by Crippen LogP contribution is 2.01. The highest BCUT2D eigenvalue weighted by Gasteiger charge is 2.03. The third-order valence-corrected chi connectivity index (χ3v) is 1.85. The van der Waals surface area contributed by atoms with E-state index in [2.05, 4.69) is 4.99 Å². The topological polar surface area (TPSA) is 52.8 Å². The molecule has 0 aliphatic carbocycles. The van der Waals surface area contributed by atoms with Crippen LogP contribution in [0, 0.1) is 0 Å². The zero-order valence-corrected chi connectivity index (χ0v) is 6.44. The lowest BCUT2D eigenvalue weighted by atomic mass is 10.2. The summed E-state index contributed by atoms with van der Waals surface area (Å²) in [6, 6.07) is 4.96. The van der Waals surface area contributed by atoms with Crippen LogP contribution in [-0.4, -0.2) is 16.4 Å². The number of rotatable bonds is 0. The van der Waals surface area contributed by atoms with Crippen LogP contribution in [0.4, 0.5) is 0 Å². The number of phenols is 1. The van der Waals surface area contributed by atoms with Crippen molar-refractivity contribution in [1.82, 2.24) is 0 Å². The second-order valence-electron chi connectivity index (χ2n) is 2.79. The Morgan fingerprint density at radius 3 is 3.08 bits per heavy atom. The summed E-state index contributed by atoms with van der Waals surface area (Å²) in [5.41, 5.74) is 0. The number of aliphatic hydroxyl groups is 1. The Morgan fingerprint density at radius 2 is 2.25 bits per heavy atom. The van der Waals surface area contributed by atoms with Crippen molar-refractivity contribution in [2.45, 2.75) is 12.6 Å². The number of hydrogen-bond acceptors (Lipinski definition) is 3. The average molecular weight is 163 g/mol. The van der Waals surface area contributed by atoms with E-state index in [1.54, 1.807) is 18.2 Å². The maximum absolute atomic E-state index is 9.17. The van der Waals surface area contributed by atoms with Gasteiger partial charge in [0, 0.05) is 12.5 Å². The van der Waals surface area contributed by atoms with Gasteiger partial charge in [-0.2, -0.15) is 0 Å². The second-order valence-corrected chi connectivity index (χ2v) is 2.79. The smallest absolute Gasteiger partial charge is 0.149 e. The van der Waals surface area contributed by atoms with Gasteiger partial charge in [-0.25, -0.2) is 0 Å². The molecule has 0 amide bonds. The summed E-state index contributed by atoms with van der Waals surface area (Å²) < 4.78 is 0. The lowest BCUT2D eigenvalue weighted by molar-refractivity contribution is 0.185. The van der Waals surface area contributed by atoms with Gasteiger partial charge in [0.25, 0.3) is 0 Å². The van der Waals surface area contributed by atoms with Crippen LogP contribution in [0.2, 0.25) is 0 Å². The first-order valence-corrected chi connectivity index (χ1v) is 3.81. The lowest BCUT2D eigenvalue weighted by Gasteiger charge is -2.05. The van der Waals surface area contributed by atoms with Crippen molar-refractivity contribution in [3.63, 3.8) is 0 Å². The van der Waals surface area contributed by atoms with Crippen LogP contribution in [0.3, 0.4) is 0 Å². The molecule has 3 heteroatoms. The lowest BCUT2D eigenvalue weighted by Crippen LogP contribution is -2.30. The van der Waals surface area contributed by atoms with E-state index in [1.807, 2.05) is 6.08 Å². The van der Waals surface area contributed by atoms with Crippen LogP contribution in [0.25, 0.3) is 6.08 Å². The molecule has 3 nitrogen and oxygen atoms in total. The maximum Gasteiger partial charge on any atom is 0.149 e. The predicted molar refractivity (Wildman–Crippen MR) is 44.0 cm³/mol. The van der Waals surface area contributed by atoms with E-state index in [0.717, 1.165) is 5.22 Å². The van der Waals surface area contributed by atoms with Gasteiger partial charge in [0.2, 0.25) is 0 Å². The zero-order chi connectivity index (χ0) is 8.55. The first kappa shape index (κ1) is 7.31. The molecule has 0 bridgehead atoms. The Balaban J connectivity index is 2.72. The molecule has 12 heavy (non-hydrogen) atoms. The van der Waals surface area contributed by atoms with E-state index in [9.17, 15) is 0 Å². The van der Waals surface area contributed by atoms with Gasteiger partial charge in [0.05, 0.1) is 5.36 Å². The number of aliphatic hydroxyl groups excluding tert-OH is 1. The zero-order valence-electron chi connectivity index (χ0n) is 6.44. The number of benzene rings is 1. The van der Waals surface area contributed by atoms with Crippen LogP contribution >= 0.6 is 0 Å². The molecule has 2 N–H and O–H groups in total. The molecular weight excluding hydrogens is 154 g/mol. The van der Waals surface area contributed by atoms with Gasteiger partial charge in [-0.3, -0.25) is 4.99 Å². The first-order chi connectivity index (χ1) is 5.75. The van der Waals surface area contributed by atoms with Crippen LogP contribution in [0.5, 0.6) is 5.75 Å². The van der Waals surface area contributed by atoms with E-state index in [0.29, 0.717) is 11.8 Å². The molecule has 62 valence electrons.